The molecule has 0 rings (SSSR count). The lowest BCUT2D eigenvalue weighted by Gasteiger charge is -2.11. The van der Waals surface area contributed by atoms with Crippen LogP contribution in [0.1, 0.15) is 6.92 Å². The third kappa shape index (κ3) is 1.43. The normalized spacial score (nSPS) is 15.5. The van der Waals surface area contributed by atoms with E-state index in [-0.39, 0.29) is 0 Å². The summed E-state index contributed by atoms with van der Waals surface area (Å²) in [5.74, 6) is -2.63. The van der Waals surface area contributed by atoms with Crippen molar-refractivity contribution in [1.82, 2.24) is 0 Å². The van der Waals surface area contributed by atoms with E-state index in [0.29, 0.717) is 0 Å². The summed E-state index contributed by atoms with van der Waals surface area (Å²) >= 11 is 0. The first-order chi connectivity index (χ1) is 4.42. The summed E-state index contributed by atoms with van der Waals surface area (Å²) < 4.78 is 16.6. The number of carbonyl (C=O) groups is 2. The van der Waals surface area contributed by atoms with Crippen molar-refractivity contribution in [2.75, 3.05) is 7.11 Å². The highest BCUT2D eigenvalue weighted by Gasteiger charge is 2.40. The lowest BCUT2D eigenvalue weighted by Crippen LogP contribution is -2.44. The quantitative estimate of drug-likeness (QED) is 0.420. The molecule has 0 aromatic heterocycles. The standard InChI is InChI=1S/C5H8FNO3/c1-5(6,3(7)8)4(9)10-2/h1-2H3,(H2,7,8). The molecule has 0 aromatic rings. The zero-order chi connectivity index (χ0) is 8.36. The van der Waals surface area contributed by atoms with Gasteiger partial charge >= 0.3 is 5.97 Å². The van der Waals surface area contributed by atoms with Crippen LogP contribution in [0.4, 0.5) is 4.39 Å². The molecule has 0 aromatic carbocycles. The first-order valence-corrected chi connectivity index (χ1v) is 2.50. The second kappa shape index (κ2) is 2.64. The molecular formula is C5H8FNO3. The number of alkyl halides is 1. The number of hydrogen-bond acceptors (Lipinski definition) is 3. The zero-order valence-electron chi connectivity index (χ0n) is 5.68. The maximum absolute atomic E-state index is 12.7. The van der Waals surface area contributed by atoms with Crippen LogP contribution in [0.25, 0.3) is 0 Å². The Morgan fingerprint density at radius 3 is 2.10 bits per heavy atom. The van der Waals surface area contributed by atoms with Crippen molar-refractivity contribution in [2.24, 2.45) is 5.73 Å². The van der Waals surface area contributed by atoms with Crippen LogP contribution in [0.15, 0.2) is 0 Å². The van der Waals surface area contributed by atoms with Gasteiger partial charge in [-0.1, -0.05) is 0 Å². The monoisotopic (exact) mass is 149 g/mol. The van der Waals surface area contributed by atoms with E-state index in [9.17, 15) is 14.0 Å². The minimum absolute atomic E-state index is 0.751. The molecule has 0 saturated heterocycles. The molecule has 0 bridgehead atoms. The van der Waals surface area contributed by atoms with Crippen molar-refractivity contribution in [2.45, 2.75) is 12.6 Å². The van der Waals surface area contributed by atoms with Gasteiger partial charge in [-0.3, -0.25) is 4.79 Å². The van der Waals surface area contributed by atoms with Gasteiger partial charge < -0.3 is 10.5 Å². The Labute approximate surface area is 57.1 Å². The molecule has 0 spiro atoms. The molecule has 0 fully saturated rings. The third-order valence-electron chi connectivity index (χ3n) is 1.03. The van der Waals surface area contributed by atoms with E-state index in [1.54, 1.807) is 0 Å². The Morgan fingerprint density at radius 1 is 1.60 bits per heavy atom. The van der Waals surface area contributed by atoms with Crippen molar-refractivity contribution in [3.63, 3.8) is 0 Å². The summed E-state index contributed by atoms with van der Waals surface area (Å²) in [4.78, 5) is 20.5. The molecule has 0 aliphatic rings. The number of amides is 1. The first kappa shape index (κ1) is 8.87. The van der Waals surface area contributed by atoms with Gasteiger partial charge in [-0.05, 0) is 6.92 Å². The first-order valence-electron chi connectivity index (χ1n) is 2.50. The molecule has 0 aliphatic carbocycles. The molecule has 1 unspecified atom stereocenters. The van der Waals surface area contributed by atoms with E-state index >= 15 is 0 Å². The average molecular weight is 149 g/mol. The Balaban J connectivity index is 4.40. The smallest absolute Gasteiger partial charge is 0.353 e. The fourth-order valence-electron chi connectivity index (χ4n) is 0.292. The predicted octanol–water partition coefficient (Wildman–Crippen LogP) is -0.627. The van der Waals surface area contributed by atoms with Gasteiger partial charge in [0.25, 0.3) is 11.6 Å². The van der Waals surface area contributed by atoms with Crippen LogP contribution in [-0.4, -0.2) is 24.7 Å². The van der Waals surface area contributed by atoms with Crippen LogP contribution in [0.3, 0.4) is 0 Å². The van der Waals surface area contributed by atoms with Gasteiger partial charge in [0.15, 0.2) is 0 Å². The second-order valence-corrected chi connectivity index (χ2v) is 1.86. The molecule has 0 heterocycles. The topological polar surface area (TPSA) is 69.4 Å². The number of primary amides is 1. The molecule has 1 amide bonds. The lowest BCUT2D eigenvalue weighted by atomic mass is 10.1. The highest BCUT2D eigenvalue weighted by molar-refractivity contribution is 6.04. The number of methoxy groups -OCH3 is 1. The third-order valence-corrected chi connectivity index (χ3v) is 1.03. The SMILES string of the molecule is COC(=O)C(C)(F)C(N)=O. The summed E-state index contributed by atoms with van der Waals surface area (Å²) in [6.45, 7) is 0.751. The molecule has 58 valence electrons. The molecule has 4 nitrogen and oxygen atoms in total. The molecule has 5 heteroatoms. The maximum atomic E-state index is 12.7. The second-order valence-electron chi connectivity index (χ2n) is 1.86. The molecule has 0 radical (unpaired) electrons. The molecule has 0 saturated carbocycles. The Morgan fingerprint density at radius 2 is 2.00 bits per heavy atom. The van der Waals surface area contributed by atoms with Crippen molar-refractivity contribution in [3.8, 4) is 0 Å². The lowest BCUT2D eigenvalue weighted by molar-refractivity contribution is -0.158. The molecule has 0 aliphatic heterocycles. The summed E-state index contributed by atoms with van der Waals surface area (Å²) in [7, 11) is 0.975. The van der Waals surface area contributed by atoms with Gasteiger partial charge in [0.2, 0.25) is 0 Å². The summed E-state index contributed by atoms with van der Waals surface area (Å²) in [5.41, 5.74) is 1.82. The van der Waals surface area contributed by atoms with E-state index in [1.807, 2.05) is 0 Å². The minimum atomic E-state index is -2.71. The van der Waals surface area contributed by atoms with Gasteiger partial charge in [0.1, 0.15) is 0 Å². The number of rotatable bonds is 2. The van der Waals surface area contributed by atoms with Crippen LogP contribution in [0.2, 0.25) is 0 Å². The van der Waals surface area contributed by atoms with Crippen LogP contribution < -0.4 is 5.73 Å². The van der Waals surface area contributed by atoms with Gasteiger partial charge in [0.05, 0.1) is 7.11 Å². The molecule has 10 heavy (non-hydrogen) atoms. The van der Waals surface area contributed by atoms with E-state index in [0.717, 1.165) is 14.0 Å². The number of halogens is 1. The van der Waals surface area contributed by atoms with Crippen molar-refractivity contribution < 1.29 is 18.7 Å². The summed E-state index contributed by atoms with van der Waals surface area (Å²) in [5, 5.41) is 0. The van der Waals surface area contributed by atoms with E-state index in [4.69, 9.17) is 0 Å². The van der Waals surface area contributed by atoms with E-state index < -0.39 is 17.5 Å². The highest BCUT2D eigenvalue weighted by atomic mass is 19.1. The maximum Gasteiger partial charge on any atom is 0.353 e. The Hall–Kier alpha value is -1.13. The van der Waals surface area contributed by atoms with E-state index in [1.165, 1.54) is 0 Å². The van der Waals surface area contributed by atoms with Crippen molar-refractivity contribution in [3.05, 3.63) is 0 Å². The van der Waals surface area contributed by atoms with Gasteiger partial charge in [-0.25, -0.2) is 9.18 Å². The number of hydrogen-bond donors (Lipinski definition) is 1. The molecule has 2 N–H and O–H groups in total. The van der Waals surface area contributed by atoms with Crippen LogP contribution in [0.5, 0.6) is 0 Å². The summed E-state index contributed by atoms with van der Waals surface area (Å²) in [6.07, 6.45) is 0. The largest absolute Gasteiger partial charge is 0.466 e. The van der Waals surface area contributed by atoms with E-state index in [2.05, 4.69) is 10.5 Å². The fraction of sp³-hybridized carbons (Fsp3) is 0.600. The van der Waals surface area contributed by atoms with Gasteiger partial charge in [-0.15, -0.1) is 0 Å². The predicted molar refractivity (Wildman–Crippen MR) is 30.7 cm³/mol. The van der Waals surface area contributed by atoms with Crippen LogP contribution in [0, 0.1) is 0 Å². The van der Waals surface area contributed by atoms with Crippen molar-refractivity contribution in [1.29, 1.82) is 0 Å². The van der Waals surface area contributed by atoms with Gasteiger partial charge in [-0.2, -0.15) is 0 Å². The number of ether oxygens (including phenoxy) is 1. The number of esters is 1. The van der Waals surface area contributed by atoms with Crippen molar-refractivity contribution >= 4 is 11.9 Å². The van der Waals surface area contributed by atoms with Crippen LogP contribution in [-0.2, 0) is 14.3 Å². The van der Waals surface area contributed by atoms with Crippen LogP contribution >= 0.6 is 0 Å². The summed E-state index contributed by atoms with van der Waals surface area (Å²) in [6, 6.07) is 0. The molecule has 1 atom stereocenters. The highest BCUT2D eigenvalue weighted by Crippen LogP contribution is 2.10. The Kier molecular flexibility index (Phi) is 2.34. The number of carbonyl (C=O) groups excluding carboxylic acids is 2. The average Bonchev–Trinajstić information content (AvgIpc) is 1.86. The Bertz CT molecular complexity index is 166. The minimum Gasteiger partial charge on any atom is -0.466 e. The number of nitrogens with two attached hydrogens (primary N) is 1. The molecular weight excluding hydrogens is 141 g/mol. The zero-order valence-corrected chi connectivity index (χ0v) is 5.68. The van der Waals surface area contributed by atoms with Gasteiger partial charge in [0, 0.05) is 0 Å². The fourth-order valence-corrected chi connectivity index (χ4v) is 0.292.